The molecule has 2 aliphatic heterocycles. The predicted octanol–water partition coefficient (Wildman–Crippen LogP) is 5.47. The summed E-state index contributed by atoms with van der Waals surface area (Å²) in [5, 5.41) is 17.8. The van der Waals surface area contributed by atoms with Crippen LogP contribution in [0.2, 0.25) is 10.0 Å². The van der Waals surface area contributed by atoms with Gasteiger partial charge in [0.15, 0.2) is 5.75 Å². The molecular formula is C27H34Cl2F2N4O5. The second-order valence-corrected chi connectivity index (χ2v) is 11.5. The number of carbonyl (C=O) groups is 2. The lowest BCUT2D eigenvalue weighted by atomic mass is 9.82. The summed E-state index contributed by atoms with van der Waals surface area (Å²) in [4.78, 5) is 28.3. The largest absolute Gasteiger partial charge is 0.481 e. The summed E-state index contributed by atoms with van der Waals surface area (Å²) in [7, 11) is 0. The normalized spacial score (nSPS) is 19.1. The first-order chi connectivity index (χ1) is 19.0. The second-order valence-electron chi connectivity index (χ2n) is 10.6. The second kappa shape index (κ2) is 13.0. The zero-order valence-electron chi connectivity index (χ0n) is 22.4. The zero-order valence-corrected chi connectivity index (χ0v) is 23.9. The number of benzene rings is 1. The topological polar surface area (TPSA) is 106 Å². The molecule has 2 saturated heterocycles. The van der Waals surface area contributed by atoms with Gasteiger partial charge in [0.05, 0.1) is 28.5 Å². The average molecular weight is 603 g/mol. The first-order valence-corrected chi connectivity index (χ1v) is 14.1. The highest BCUT2D eigenvalue weighted by atomic mass is 35.5. The Bertz CT molecular complexity index is 1200. The van der Waals surface area contributed by atoms with E-state index < -0.39 is 29.9 Å². The Morgan fingerprint density at radius 3 is 2.50 bits per heavy atom. The van der Waals surface area contributed by atoms with Crippen LogP contribution in [0.15, 0.2) is 24.4 Å². The summed E-state index contributed by atoms with van der Waals surface area (Å²) in [6.07, 6.45) is 3.50. The molecule has 3 heterocycles. The van der Waals surface area contributed by atoms with Crippen molar-refractivity contribution in [1.29, 1.82) is 0 Å². The van der Waals surface area contributed by atoms with E-state index in [-0.39, 0.29) is 28.3 Å². The molecule has 2 fully saturated rings. The molecule has 220 valence electrons. The highest BCUT2D eigenvalue weighted by molar-refractivity contribution is 6.31. The first-order valence-electron chi connectivity index (χ1n) is 13.3. The predicted molar refractivity (Wildman–Crippen MR) is 146 cm³/mol. The van der Waals surface area contributed by atoms with Crippen LogP contribution in [0.1, 0.15) is 51.1 Å². The number of carboxylic acids is 1. The SMILES string of the molecule is CC(C)c1c(Cl)cnn1C1(C(=O)Nc2ccc(Cl)cc2OC(F)F)CCN(C[C@H](C(=O)O)C2CCOCC2)CC1. The molecular weight excluding hydrogens is 569 g/mol. The van der Waals surface area contributed by atoms with E-state index in [2.05, 4.69) is 20.1 Å². The molecule has 0 aliphatic carbocycles. The number of amides is 1. The van der Waals surface area contributed by atoms with Gasteiger partial charge in [-0.3, -0.25) is 14.3 Å². The summed E-state index contributed by atoms with van der Waals surface area (Å²) >= 11 is 12.5. The van der Waals surface area contributed by atoms with Crippen LogP contribution in [0, 0.1) is 11.8 Å². The molecule has 0 bridgehead atoms. The molecule has 2 aromatic rings. The Labute approximate surface area is 241 Å². The van der Waals surface area contributed by atoms with E-state index >= 15 is 0 Å². The van der Waals surface area contributed by atoms with Crippen LogP contribution in [0.3, 0.4) is 0 Å². The maximum Gasteiger partial charge on any atom is 0.387 e. The monoisotopic (exact) mass is 602 g/mol. The molecule has 1 aromatic heterocycles. The number of nitrogens with one attached hydrogen (secondary N) is 1. The lowest BCUT2D eigenvalue weighted by Gasteiger charge is -2.43. The minimum absolute atomic E-state index is 0.0249. The molecule has 0 spiro atoms. The lowest BCUT2D eigenvalue weighted by Crippen LogP contribution is -2.55. The van der Waals surface area contributed by atoms with Gasteiger partial charge in [0.1, 0.15) is 5.54 Å². The molecule has 1 amide bonds. The van der Waals surface area contributed by atoms with E-state index in [4.69, 9.17) is 27.9 Å². The third-order valence-corrected chi connectivity index (χ3v) is 8.36. The number of halogens is 4. The van der Waals surface area contributed by atoms with E-state index in [9.17, 15) is 23.5 Å². The Morgan fingerprint density at radius 1 is 1.23 bits per heavy atom. The van der Waals surface area contributed by atoms with Crippen LogP contribution in [0.5, 0.6) is 5.75 Å². The summed E-state index contributed by atoms with van der Waals surface area (Å²) in [6.45, 7) is 3.10. The summed E-state index contributed by atoms with van der Waals surface area (Å²) in [5.41, 5.74) is -0.482. The van der Waals surface area contributed by atoms with Gasteiger partial charge >= 0.3 is 12.6 Å². The van der Waals surface area contributed by atoms with Gasteiger partial charge in [-0.15, -0.1) is 0 Å². The number of hydrogen-bond acceptors (Lipinski definition) is 6. The lowest BCUT2D eigenvalue weighted by molar-refractivity contribution is -0.146. The number of hydrogen-bond donors (Lipinski definition) is 2. The minimum atomic E-state index is -3.11. The highest BCUT2D eigenvalue weighted by Crippen LogP contribution is 2.39. The maximum absolute atomic E-state index is 14.1. The smallest absolute Gasteiger partial charge is 0.387 e. The van der Waals surface area contributed by atoms with Crippen molar-refractivity contribution in [1.82, 2.24) is 14.7 Å². The number of aromatic nitrogens is 2. The Balaban J connectivity index is 1.61. The van der Waals surface area contributed by atoms with E-state index in [1.807, 2.05) is 13.8 Å². The highest BCUT2D eigenvalue weighted by Gasteiger charge is 2.47. The molecule has 2 N–H and O–H groups in total. The van der Waals surface area contributed by atoms with Crippen LogP contribution < -0.4 is 10.1 Å². The maximum atomic E-state index is 14.1. The summed E-state index contributed by atoms with van der Waals surface area (Å²) in [5.74, 6) is -2.13. The molecule has 1 atom stereocenters. The molecule has 13 heteroatoms. The van der Waals surface area contributed by atoms with Crippen LogP contribution >= 0.6 is 23.2 Å². The van der Waals surface area contributed by atoms with Crippen molar-refractivity contribution in [3.8, 4) is 5.75 Å². The van der Waals surface area contributed by atoms with Crippen LogP contribution in [0.4, 0.5) is 14.5 Å². The van der Waals surface area contributed by atoms with Gasteiger partial charge in [-0.1, -0.05) is 37.0 Å². The van der Waals surface area contributed by atoms with Crippen molar-refractivity contribution in [2.75, 3.05) is 38.2 Å². The van der Waals surface area contributed by atoms with Crippen molar-refractivity contribution >= 4 is 40.8 Å². The van der Waals surface area contributed by atoms with E-state index in [1.165, 1.54) is 24.4 Å². The first kappa shape index (κ1) is 30.5. The fraction of sp³-hybridized carbons (Fsp3) is 0.593. The van der Waals surface area contributed by atoms with Gasteiger partial charge in [-0.2, -0.15) is 13.9 Å². The van der Waals surface area contributed by atoms with Gasteiger partial charge in [0, 0.05) is 43.9 Å². The van der Waals surface area contributed by atoms with Crippen LogP contribution in [0.25, 0.3) is 0 Å². The molecule has 9 nitrogen and oxygen atoms in total. The third kappa shape index (κ3) is 6.70. The molecule has 4 rings (SSSR count). The Hall–Kier alpha value is -2.47. The molecule has 0 unspecified atom stereocenters. The van der Waals surface area contributed by atoms with Gasteiger partial charge in [0.2, 0.25) is 0 Å². The molecule has 2 aliphatic rings. The van der Waals surface area contributed by atoms with Crippen molar-refractivity contribution < 1.29 is 33.0 Å². The number of carbonyl (C=O) groups excluding carboxylic acids is 1. The average Bonchev–Trinajstić information content (AvgIpc) is 3.31. The number of anilines is 1. The number of aliphatic carboxylic acids is 1. The van der Waals surface area contributed by atoms with Gasteiger partial charge in [-0.25, -0.2) is 0 Å². The fourth-order valence-electron chi connectivity index (χ4n) is 5.70. The number of nitrogens with zero attached hydrogens (tertiary/aromatic N) is 3. The van der Waals surface area contributed by atoms with Crippen molar-refractivity contribution in [2.45, 2.75) is 57.6 Å². The summed E-state index contributed by atoms with van der Waals surface area (Å²) in [6, 6.07) is 4.09. The van der Waals surface area contributed by atoms with Crippen LogP contribution in [-0.4, -0.2) is 71.1 Å². The van der Waals surface area contributed by atoms with Gasteiger partial charge < -0.3 is 24.8 Å². The Morgan fingerprint density at radius 2 is 1.90 bits per heavy atom. The number of piperidine rings is 1. The quantitative estimate of drug-likeness (QED) is 0.371. The molecule has 1 aromatic carbocycles. The van der Waals surface area contributed by atoms with Crippen LogP contribution in [-0.2, 0) is 19.9 Å². The third-order valence-electron chi connectivity index (χ3n) is 7.83. The summed E-state index contributed by atoms with van der Waals surface area (Å²) < 4.78 is 37.8. The van der Waals surface area contributed by atoms with E-state index in [1.54, 1.807) is 4.68 Å². The molecule has 0 saturated carbocycles. The molecule has 40 heavy (non-hydrogen) atoms. The van der Waals surface area contributed by atoms with E-state index in [0.29, 0.717) is 69.2 Å². The van der Waals surface area contributed by atoms with E-state index in [0.717, 1.165) is 0 Å². The number of ether oxygens (including phenoxy) is 2. The van der Waals surface area contributed by atoms with Crippen molar-refractivity contribution in [3.63, 3.8) is 0 Å². The van der Waals surface area contributed by atoms with Gasteiger partial charge in [-0.05, 0) is 49.7 Å². The zero-order chi connectivity index (χ0) is 29.0. The number of rotatable bonds is 10. The molecule has 0 radical (unpaired) electrons. The van der Waals surface area contributed by atoms with Crippen molar-refractivity contribution in [3.05, 3.63) is 40.1 Å². The Kier molecular flexibility index (Phi) is 9.92. The number of likely N-dealkylation sites (tertiary alicyclic amines) is 1. The minimum Gasteiger partial charge on any atom is -0.481 e. The number of carboxylic acid groups (broad SMARTS) is 1. The number of alkyl halides is 2. The fourth-order valence-corrected chi connectivity index (χ4v) is 6.20. The van der Waals surface area contributed by atoms with Crippen molar-refractivity contribution in [2.24, 2.45) is 11.8 Å². The standard InChI is InChI=1S/C27H34Cl2F2N4O5/c1-16(2)23-20(29)14-32-35(23)27(25(38)33-21-4-3-18(28)13-22(21)40-26(30)31)7-9-34(10-8-27)15-19(24(36)37)17-5-11-39-12-6-17/h3-4,13-14,16-17,19,26H,5-12,15H2,1-2H3,(H,33,38)(H,36,37)/t19-/m0/s1. The van der Waals surface area contributed by atoms with Gasteiger partial charge in [0.25, 0.3) is 5.91 Å².